The zero-order chi connectivity index (χ0) is 13.0. The summed E-state index contributed by atoms with van der Waals surface area (Å²) in [5, 5.41) is 8.55. The second-order valence-electron chi connectivity index (χ2n) is 2.98. The van der Waals surface area contributed by atoms with Gasteiger partial charge < -0.3 is 9.72 Å². The quantitative estimate of drug-likeness (QED) is 0.811. The zero-order valence-electron chi connectivity index (χ0n) is 8.79. The van der Waals surface area contributed by atoms with Crippen molar-refractivity contribution in [3.63, 3.8) is 0 Å². The van der Waals surface area contributed by atoms with Crippen LogP contribution in [0.2, 0.25) is 0 Å². The number of alkyl halides is 2. The van der Waals surface area contributed by atoms with Crippen LogP contribution >= 0.6 is 0 Å². The number of H-pyrrole nitrogens is 1. The van der Waals surface area contributed by atoms with Crippen LogP contribution < -0.4 is 5.56 Å². The van der Waals surface area contributed by atoms with Crippen molar-refractivity contribution in [3.05, 3.63) is 33.2 Å². The highest BCUT2D eigenvalue weighted by molar-refractivity contribution is 5.89. The molecule has 1 rings (SSSR count). The maximum Gasteiger partial charge on any atom is 0.343 e. The molecule has 1 N–H and O–H groups in total. The second kappa shape index (κ2) is 5.21. The predicted molar refractivity (Wildman–Crippen MR) is 52.7 cm³/mol. The average molecular weight is 242 g/mol. The fourth-order valence-electron chi connectivity index (χ4n) is 1.17. The van der Waals surface area contributed by atoms with E-state index in [9.17, 15) is 18.4 Å². The van der Waals surface area contributed by atoms with Gasteiger partial charge in [-0.15, -0.1) is 0 Å². The fraction of sp³-hybridized carbons (Fsp3) is 0.300. The highest BCUT2D eigenvalue weighted by atomic mass is 19.3. The third-order valence-corrected chi connectivity index (χ3v) is 1.91. The van der Waals surface area contributed by atoms with Gasteiger partial charge in [0, 0.05) is 0 Å². The molecule has 1 aromatic heterocycles. The predicted octanol–water partition coefficient (Wildman–Crippen LogP) is 1.36. The molecule has 0 bridgehead atoms. The third-order valence-electron chi connectivity index (χ3n) is 1.91. The Morgan fingerprint density at radius 3 is 2.76 bits per heavy atom. The molecule has 0 aliphatic carbocycles. The summed E-state index contributed by atoms with van der Waals surface area (Å²) in [4.78, 5) is 24.5. The number of carbonyl (C=O) groups excluding carboxylic acids is 1. The number of nitriles is 1. The van der Waals surface area contributed by atoms with Gasteiger partial charge in [0.15, 0.2) is 0 Å². The first kappa shape index (κ1) is 12.8. The lowest BCUT2D eigenvalue weighted by molar-refractivity contribution is 0.0523. The zero-order valence-corrected chi connectivity index (χ0v) is 8.79. The summed E-state index contributed by atoms with van der Waals surface area (Å²) in [6, 6.07) is 2.11. The molecule has 0 fully saturated rings. The van der Waals surface area contributed by atoms with Gasteiger partial charge >= 0.3 is 5.97 Å². The number of carbonyl (C=O) groups is 1. The van der Waals surface area contributed by atoms with E-state index in [2.05, 4.69) is 4.74 Å². The van der Waals surface area contributed by atoms with Crippen LogP contribution in [0.15, 0.2) is 10.9 Å². The third kappa shape index (κ3) is 2.66. The van der Waals surface area contributed by atoms with Crippen LogP contribution in [0.3, 0.4) is 0 Å². The number of pyridine rings is 1. The summed E-state index contributed by atoms with van der Waals surface area (Å²) in [5.41, 5.74) is -2.72. The van der Waals surface area contributed by atoms with E-state index in [1.807, 2.05) is 4.98 Å². The van der Waals surface area contributed by atoms with E-state index < -0.39 is 34.8 Å². The van der Waals surface area contributed by atoms with Gasteiger partial charge in [0.05, 0.1) is 12.2 Å². The first-order valence-electron chi connectivity index (χ1n) is 4.63. The van der Waals surface area contributed by atoms with Crippen LogP contribution in [-0.4, -0.2) is 17.6 Å². The van der Waals surface area contributed by atoms with E-state index in [0.29, 0.717) is 6.07 Å². The van der Waals surface area contributed by atoms with Gasteiger partial charge in [0.1, 0.15) is 17.3 Å². The van der Waals surface area contributed by atoms with E-state index >= 15 is 0 Å². The molecule has 0 unspecified atom stereocenters. The molecule has 7 heteroatoms. The molecule has 0 spiro atoms. The van der Waals surface area contributed by atoms with E-state index in [4.69, 9.17) is 5.26 Å². The van der Waals surface area contributed by atoms with Crippen molar-refractivity contribution in [3.8, 4) is 6.07 Å². The van der Waals surface area contributed by atoms with Crippen molar-refractivity contribution in [2.24, 2.45) is 0 Å². The number of aromatic amines is 1. The summed E-state index contributed by atoms with van der Waals surface area (Å²) in [6.45, 7) is 1.53. The Bertz CT molecular complexity index is 531. The van der Waals surface area contributed by atoms with Gasteiger partial charge in [-0.05, 0) is 13.0 Å². The second-order valence-corrected chi connectivity index (χ2v) is 2.98. The monoisotopic (exact) mass is 242 g/mol. The molecule has 0 aromatic carbocycles. The number of halogens is 2. The molecule has 5 nitrogen and oxygen atoms in total. The maximum absolute atomic E-state index is 12.6. The number of rotatable bonds is 3. The van der Waals surface area contributed by atoms with Crippen molar-refractivity contribution >= 4 is 5.97 Å². The van der Waals surface area contributed by atoms with Crippen LogP contribution in [-0.2, 0) is 4.74 Å². The Labute approximate surface area is 94.6 Å². The van der Waals surface area contributed by atoms with Crippen LogP contribution in [0, 0.1) is 11.3 Å². The standard InChI is InChI=1S/C10H8F2N2O3/c1-2-17-10(16)6-3-5(8(11)12)7(4-13)14-9(6)15/h3,8H,2H2,1H3,(H,14,15). The van der Waals surface area contributed by atoms with E-state index in [1.165, 1.54) is 13.0 Å². The van der Waals surface area contributed by atoms with Crippen molar-refractivity contribution < 1.29 is 18.3 Å². The maximum atomic E-state index is 12.6. The molecule has 0 saturated carbocycles. The molecule has 0 aliphatic rings. The highest BCUT2D eigenvalue weighted by Gasteiger charge is 2.20. The summed E-state index contributed by atoms with van der Waals surface area (Å²) >= 11 is 0. The van der Waals surface area contributed by atoms with Crippen molar-refractivity contribution in [1.82, 2.24) is 4.98 Å². The van der Waals surface area contributed by atoms with Gasteiger partial charge in [-0.1, -0.05) is 0 Å². The summed E-state index contributed by atoms with van der Waals surface area (Å²) in [7, 11) is 0. The SMILES string of the molecule is CCOC(=O)c1cc(C(F)F)c(C#N)[nH]c1=O. The Morgan fingerprint density at radius 2 is 2.29 bits per heavy atom. The molecule has 90 valence electrons. The van der Waals surface area contributed by atoms with Crippen molar-refractivity contribution in [2.45, 2.75) is 13.3 Å². The first-order chi connectivity index (χ1) is 8.01. The van der Waals surface area contributed by atoms with E-state index in [-0.39, 0.29) is 6.61 Å². The Balaban J connectivity index is 3.36. The minimum absolute atomic E-state index is 0.0162. The molecular formula is C10H8F2N2O3. The topological polar surface area (TPSA) is 82.9 Å². The minimum Gasteiger partial charge on any atom is -0.462 e. The van der Waals surface area contributed by atoms with Crippen molar-refractivity contribution in [2.75, 3.05) is 6.61 Å². The van der Waals surface area contributed by atoms with Crippen LogP contribution in [0.25, 0.3) is 0 Å². The van der Waals surface area contributed by atoms with Crippen LogP contribution in [0.5, 0.6) is 0 Å². The van der Waals surface area contributed by atoms with E-state index in [1.54, 1.807) is 0 Å². The van der Waals surface area contributed by atoms with Crippen LogP contribution in [0.4, 0.5) is 8.78 Å². The highest BCUT2D eigenvalue weighted by Crippen LogP contribution is 2.21. The summed E-state index contributed by atoms with van der Waals surface area (Å²) in [5.74, 6) is -1.000. The smallest absolute Gasteiger partial charge is 0.343 e. The Hall–Kier alpha value is -2.23. The number of hydrogen-bond acceptors (Lipinski definition) is 4. The largest absolute Gasteiger partial charge is 0.462 e. The van der Waals surface area contributed by atoms with Gasteiger partial charge in [0.2, 0.25) is 0 Å². The first-order valence-corrected chi connectivity index (χ1v) is 4.63. The number of aromatic nitrogens is 1. The lowest BCUT2D eigenvalue weighted by Crippen LogP contribution is -2.21. The molecule has 1 aromatic rings. The molecule has 0 atom stereocenters. The molecule has 0 radical (unpaired) electrons. The van der Waals surface area contributed by atoms with Gasteiger partial charge in [0.25, 0.3) is 12.0 Å². The molecule has 1 heterocycles. The lowest BCUT2D eigenvalue weighted by atomic mass is 10.1. The van der Waals surface area contributed by atoms with Crippen molar-refractivity contribution in [1.29, 1.82) is 5.26 Å². The molecule has 0 amide bonds. The molecule has 0 saturated heterocycles. The summed E-state index contributed by atoms with van der Waals surface area (Å²) < 4.78 is 29.6. The van der Waals surface area contributed by atoms with Crippen LogP contribution in [0.1, 0.15) is 35.0 Å². The molecular weight excluding hydrogens is 234 g/mol. The van der Waals surface area contributed by atoms with Gasteiger partial charge in [-0.3, -0.25) is 4.79 Å². The average Bonchev–Trinajstić information content (AvgIpc) is 2.28. The Morgan fingerprint density at radius 1 is 1.65 bits per heavy atom. The molecule has 0 aliphatic heterocycles. The van der Waals surface area contributed by atoms with Gasteiger partial charge in [-0.2, -0.15) is 5.26 Å². The normalized spacial score (nSPS) is 10.1. The lowest BCUT2D eigenvalue weighted by Gasteiger charge is -2.05. The number of ether oxygens (including phenoxy) is 1. The number of esters is 1. The van der Waals surface area contributed by atoms with Gasteiger partial charge in [-0.25, -0.2) is 13.6 Å². The number of hydrogen-bond donors (Lipinski definition) is 1. The summed E-state index contributed by atoms with van der Waals surface area (Å²) in [6.07, 6.45) is -2.96. The minimum atomic E-state index is -2.96. The fourth-order valence-corrected chi connectivity index (χ4v) is 1.17. The molecule has 17 heavy (non-hydrogen) atoms. The van der Waals surface area contributed by atoms with E-state index in [0.717, 1.165) is 0 Å². The number of nitrogens with one attached hydrogen (secondary N) is 1. The number of nitrogens with zero attached hydrogens (tertiary/aromatic N) is 1. The Kier molecular flexibility index (Phi) is 3.93.